The summed E-state index contributed by atoms with van der Waals surface area (Å²) in [4.78, 5) is 11.8. The Hall–Kier alpha value is -3.33. The predicted molar refractivity (Wildman–Crippen MR) is 85.6 cm³/mol. The van der Waals surface area contributed by atoms with Crippen molar-refractivity contribution >= 4 is 18.2 Å². The first kappa shape index (κ1) is 16.0. The van der Waals surface area contributed by atoms with Crippen LogP contribution in [0, 0.1) is 11.3 Å². The second-order valence-corrected chi connectivity index (χ2v) is 4.53. The number of rotatable bonds is 6. The lowest BCUT2D eigenvalue weighted by Crippen LogP contribution is -2.33. The van der Waals surface area contributed by atoms with Crippen LogP contribution in [0.2, 0.25) is 0 Å². The van der Waals surface area contributed by atoms with Gasteiger partial charge >= 0.3 is 0 Å². The fourth-order valence-corrected chi connectivity index (χ4v) is 1.62. The molecule has 0 bridgehead atoms. The van der Waals surface area contributed by atoms with Gasteiger partial charge in [0.2, 0.25) is 0 Å². The van der Waals surface area contributed by atoms with Crippen molar-refractivity contribution in [2.24, 2.45) is 5.10 Å². The van der Waals surface area contributed by atoms with Gasteiger partial charge in [0, 0.05) is 6.21 Å². The van der Waals surface area contributed by atoms with Crippen molar-refractivity contribution in [2.45, 2.75) is 13.0 Å². The minimum atomic E-state index is -0.714. The molecule has 1 aromatic heterocycles. The van der Waals surface area contributed by atoms with Gasteiger partial charge in [-0.3, -0.25) is 4.79 Å². The van der Waals surface area contributed by atoms with E-state index in [0.29, 0.717) is 17.1 Å². The summed E-state index contributed by atoms with van der Waals surface area (Å²) < 4.78 is 10.6. The van der Waals surface area contributed by atoms with Gasteiger partial charge in [0.15, 0.2) is 6.10 Å². The van der Waals surface area contributed by atoms with Crippen LogP contribution in [0.5, 0.6) is 5.75 Å². The maximum atomic E-state index is 11.8. The number of nitrogens with zero attached hydrogens (tertiary/aromatic N) is 2. The Morgan fingerprint density at radius 3 is 2.83 bits per heavy atom. The molecule has 6 nitrogen and oxygen atoms in total. The largest absolute Gasteiger partial charge is 0.481 e. The first-order valence-corrected chi connectivity index (χ1v) is 6.89. The van der Waals surface area contributed by atoms with Crippen LogP contribution in [0.15, 0.2) is 58.3 Å². The van der Waals surface area contributed by atoms with Crippen LogP contribution in [0.1, 0.15) is 18.2 Å². The number of furan rings is 1. The van der Waals surface area contributed by atoms with Gasteiger partial charge in [0.25, 0.3) is 5.91 Å². The Labute approximate surface area is 133 Å². The van der Waals surface area contributed by atoms with E-state index in [1.807, 2.05) is 6.07 Å². The summed E-state index contributed by atoms with van der Waals surface area (Å²) in [5, 5.41) is 12.5. The minimum absolute atomic E-state index is 0.378. The van der Waals surface area contributed by atoms with E-state index in [4.69, 9.17) is 14.4 Å². The molecule has 2 aromatic rings. The first-order valence-electron chi connectivity index (χ1n) is 6.89. The van der Waals surface area contributed by atoms with Crippen molar-refractivity contribution in [3.63, 3.8) is 0 Å². The van der Waals surface area contributed by atoms with Crippen molar-refractivity contribution in [1.29, 1.82) is 5.26 Å². The molecule has 0 aliphatic rings. The average Bonchev–Trinajstić information content (AvgIpc) is 3.08. The zero-order valence-electron chi connectivity index (χ0n) is 12.5. The number of ether oxygens (including phenoxy) is 1. The number of hydrogen-bond donors (Lipinski definition) is 1. The lowest BCUT2D eigenvalue weighted by Gasteiger charge is -2.12. The number of hydrazone groups is 1. The van der Waals surface area contributed by atoms with E-state index in [1.54, 1.807) is 61.7 Å². The topological polar surface area (TPSA) is 87.6 Å². The highest BCUT2D eigenvalue weighted by Gasteiger charge is 2.13. The Kier molecular flexibility index (Phi) is 5.72. The molecule has 1 amide bonds. The third kappa shape index (κ3) is 5.17. The van der Waals surface area contributed by atoms with Crippen LogP contribution < -0.4 is 10.2 Å². The quantitative estimate of drug-likeness (QED) is 0.656. The second-order valence-electron chi connectivity index (χ2n) is 4.53. The number of hydrogen-bond acceptors (Lipinski definition) is 5. The Balaban J connectivity index is 1.79. The molecule has 1 unspecified atom stereocenters. The highest BCUT2D eigenvalue weighted by atomic mass is 16.5. The van der Waals surface area contributed by atoms with Gasteiger partial charge < -0.3 is 9.15 Å². The lowest BCUT2D eigenvalue weighted by atomic mass is 10.2. The van der Waals surface area contributed by atoms with Gasteiger partial charge in [0.1, 0.15) is 11.5 Å². The van der Waals surface area contributed by atoms with Gasteiger partial charge in [-0.1, -0.05) is 0 Å². The van der Waals surface area contributed by atoms with Gasteiger partial charge in [0.05, 0.1) is 17.9 Å². The van der Waals surface area contributed by atoms with E-state index >= 15 is 0 Å². The van der Waals surface area contributed by atoms with E-state index in [-0.39, 0.29) is 5.91 Å². The SMILES string of the molecule is CC(Oc1ccc(C#N)cc1)C(=O)N/N=C\C=C\c1ccco1. The third-order valence-electron chi connectivity index (χ3n) is 2.80. The molecule has 1 aromatic carbocycles. The van der Waals surface area contributed by atoms with Crippen molar-refractivity contribution in [3.05, 3.63) is 60.1 Å². The summed E-state index contributed by atoms with van der Waals surface area (Å²) in [5.41, 5.74) is 2.91. The van der Waals surface area contributed by atoms with Gasteiger partial charge in [-0.2, -0.15) is 10.4 Å². The van der Waals surface area contributed by atoms with E-state index < -0.39 is 6.10 Å². The van der Waals surface area contributed by atoms with E-state index in [2.05, 4.69) is 10.5 Å². The Bertz CT molecular complexity index is 725. The monoisotopic (exact) mass is 309 g/mol. The van der Waals surface area contributed by atoms with Gasteiger partial charge in [-0.25, -0.2) is 5.43 Å². The number of carbonyl (C=O) groups is 1. The van der Waals surface area contributed by atoms with Crippen LogP contribution in [0.4, 0.5) is 0 Å². The fourth-order valence-electron chi connectivity index (χ4n) is 1.62. The molecule has 116 valence electrons. The van der Waals surface area contributed by atoms with Crippen LogP contribution in [-0.2, 0) is 4.79 Å². The number of nitrogens with one attached hydrogen (secondary N) is 1. The number of nitriles is 1. The first-order chi connectivity index (χ1) is 11.2. The minimum Gasteiger partial charge on any atom is -0.481 e. The molecule has 0 saturated heterocycles. The molecule has 0 aliphatic heterocycles. The molecular formula is C17H15N3O3. The highest BCUT2D eigenvalue weighted by Crippen LogP contribution is 2.13. The third-order valence-corrected chi connectivity index (χ3v) is 2.80. The second kappa shape index (κ2) is 8.20. The standard InChI is InChI=1S/C17H15N3O3/c1-13(23-16-8-6-14(12-18)7-9-16)17(21)20-19-10-2-4-15-5-3-11-22-15/h2-11,13H,1H3,(H,20,21)/b4-2+,19-10-. The molecule has 2 rings (SSSR count). The number of amides is 1. The molecule has 6 heteroatoms. The van der Waals surface area contributed by atoms with E-state index in [9.17, 15) is 4.79 Å². The normalized spacial score (nSPS) is 12.2. The molecule has 0 fully saturated rings. The molecular weight excluding hydrogens is 294 g/mol. The fraction of sp³-hybridized carbons (Fsp3) is 0.118. The van der Waals surface area contributed by atoms with E-state index in [1.165, 1.54) is 6.21 Å². The average molecular weight is 309 g/mol. The summed E-state index contributed by atoms with van der Waals surface area (Å²) in [6.07, 6.45) is 5.65. The number of allylic oxidation sites excluding steroid dienone is 1. The Morgan fingerprint density at radius 1 is 1.39 bits per heavy atom. The molecule has 0 saturated carbocycles. The zero-order chi connectivity index (χ0) is 16.5. The summed E-state index contributed by atoms with van der Waals surface area (Å²) in [6.45, 7) is 1.61. The van der Waals surface area contributed by atoms with Crippen molar-refractivity contribution in [3.8, 4) is 11.8 Å². The molecule has 0 spiro atoms. The molecule has 1 atom stereocenters. The lowest BCUT2D eigenvalue weighted by molar-refractivity contribution is -0.127. The highest BCUT2D eigenvalue weighted by molar-refractivity contribution is 5.83. The van der Waals surface area contributed by atoms with Crippen molar-refractivity contribution in [1.82, 2.24) is 5.43 Å². The van der Waals surface area contributed by atoms with Crippen LogP contribution in [0.25, 0.3) is 6.08 Å². The van der Waals surface area contributed by atoms with Crippen molar-refractivity contribution in [2.75, 3.05) is 0 Å². The molecule has 0 aliphatic carbocycles. The molecule has 23 heavy (non-hydrogen) atoms. The van der Waals surface area contributed by atoms with Crippen LogP contribution >= 0.6 is 0 Å². The summed E-state index contributed by atoms with van der Waals surface area (Å²) in [5.74, 6) is 0.825. The number of carbonyl (C=O) groups excluding carboxylic acids is 1. The van der Waals surface area contributed by atoms with Gasteiger partial charge in [-0.15, -0.1) is 0 Å². The summed E-state index contributed by atoms with van der Waals surface area (Å²) in [6, 6.07) is 12.1. The molecule has 1 N–H and O–H groups in total. The van der Waals surface area contributed by atoms with Crippen LogP contribution in [0.3, 0.4) is 0 Å². The smallest absolute Gasteiger partial charge is 0.280 e. The summed E-state index contributed by atoms with van der Waals surface area (Å²) >= 11 is 0. The number of benzene rings is 1. The zero-order valence-corrected chi connectivity index (χ0v) is 12.5. The van der Waals surface area contributed by atoms with Crippen LogP contribution in [-0.4, -0.2) is 18.2 Å². The predicted octanol–water partition coefficient (Wildman–Crippen LogP) is 2.73. The molecule has 1 heterocycles. The van der Waals surface area contributed by atoms with Crippen molar-refractivity contribution < 1.29 is 13.9 Å². The molecule has 0 radical (unpaired) electrons. The Morgan fingerprint density at radius 2 is 2.17 bits per heavy atom. The summed E-state index contributed by atoms with van der Waals surface area (Å²) in [7, 11) is 0. The van der Waals surface area contributed by atoms with Gasteiger partial charge in [-0.05, 0) is 55.5 Å². The maximum absolute atomic E-state index is 11.8. The maximum Gasteiger partial charge on any atom is 0.280 e. The van der Waals surface area contributed by atoms with E-state index in [0.717, 1.165) is 0 Å².